The second-order valence-electron chi connectivity index (χ2n) is 6.12. The lowest BCUT2D eigenvalue weighted by Gasteiger charge is -2.23. The average molecular weight is 364 g/mol. The standard InChI is InChI=1S/C22H21FN2O2/c23-21-11-5-4-8-19(21)12-14-25(16-18-7-6-13-24-15-18)22(26)17-27-20-9-2-1-3-10-20/h1-11,13,15H,12,14,16-17H2. The number of ether oxygens (including phenoxy) is 1. The lowest BCUT2D eigenvalue weighted by atomic mass is 10.1. The molecular weight excluding hydrogens is 343 g/mol. The van der Waals surface area contributed by atoms with E-state index in [1.54, 1.807) is 47.6 Å². The minimum atomic E-state index is -0.258. The van der Waals surface area contributed by atoms with Crippen molar-refractivity contribution in [3.8, 4) is 5.75 Å². The highest BCUT2D eigenvalue weighted by atomic mass is 19.1. The van der Waals surface area contributed by atoms with Gasteiger partial charge in [0.05, 0.1) is 0 Å². The van der Waals surface area contributed by atoms with Crippen molar-refractivity contribution in [3.05, 3.63) is 96.1 Å². The van der Waals surface area contributed by atoms with E-state index in [4.69, 9.17) is 4.74 Å². The molecule has 0 saturated carbocycles. The minimum Gasteiger partial charge on any atom is -0.484 e. The van der Waals surface area contributed by atoms with Crippen molar-refractivity contribution in [2.75, 3.05) is 13.2 Å². The van der Waals surface area contributed by atoms with Crippen LogP contribution in [-0.4, -0.2) is 28.9 Å². The molecule has 1 aromatic heterocycles. The van der Waals surface area contributed by atoms with Gasteiger partial charge in [-0.05, 0) is 41.8 Å². The monoisotopic (exact) mass is 364 g/mol. The minimum absolute atomic E-state index is 0.0679. The summed E-state index contributed by atoms with van der Waals surface area (Å²) in [5, 5.41) is 0. The van der Waals surface area contributed by atoms with Crippen LogP contribution in [0.15, 0.2) is 79.1 Å². The first kappa shape index (κ1) is 18.6. The van der Waals surface area contributed by atoms with Crippen LogP contribution in [0, 0.1) is 5.82 Å². The number of carbonyl (C=O) groups excluding carboxylic acids is 1. The summed E-state index contributed by atoms with van der Waals surface area (Å²) in [5.74, 6) is 0.229. The first-order valence-corrected chi connectivity index (χ1v) is 8.80. The summed E-state index contributed by atoms with van der Waals surface area (Å²) in [4.78, 5) is 18.5. The average Bonchev–Trinajstić information content (AvgIpc) is 2.72. The first-order valence-electron chi connectivity index (χ1n) is 8.80. The number of rotatable bonds is 8. The predicted molar refractivity (Wildman–Crippen MR) is 102 cm³/mol. The van der Waals surface area contributed by atoms with E-state index in [0.717, 1.165) is 5.56 Å². The molecule has 0 bridgehead atoms. The Hall–Kier alpha value is -3.21. The zero-order valence-corrected chi connectivity index (χ0v) is 14.9. The Bertz CT molecular complexity index is 856. The van der Waals surface area contributed by atoms with Gasteiger partial charge in [0.15, 0.2) is 6.61 Å². The quantitative estimate of drug-likeness (QED) is 0.609. The molecule has 0 aliphatic carbocycles. The fourth-order valence-corrected chi connectivity index (χ4v) is 2.71. The lowest BCUT2D eigenvalue weighted by molar-refractivity contribution is -0.134. The molecule has 3 aromatic rings. The Balaban J connectivity index is 1.66. The molecule has 1 heterocycles. The fourth-order valence-electron chi connectivity index (χ4n) is 2.71. The number of nitrogens with zero attached hydrogens (tertiary/aromatic N) is 2. The molecule has 0 unspecified atom stereocenters. The Morgan fingerprint density at radius 2 is 1.78 bits per heavy atom. The summed E-state index contributed by atoms with van der Waals surface area (Å²) in [6, 6.07) is 19.6. The number of carbonyl (C=O) groups is 1. The van der Waals surface area contributed by atoms with Gasteiger partial charge in [0.1, 0.15) is 11.6 Å². The van der Waals surface area contributed by atoms with Gasteiger partial charge in [-0.3, -0.25) is 9.78 Å². The molecule has 0 atom stereocenters. The zero-order chi connectivity index (χ0) is 18.9. The van der Waals surface area contributed by atoms with Crippen molar-refractivity contribution in [1.29, 1.82) is 0 Å². The highest BCUT2D eigenvalue weighted by molar-refractivity contribution is 5.77. The molecule has 0 aliphatic rings. The Labute approximate surface area is 158 Å². The summed E-state index contributed by atoms with van der Waals surface area (Å²) in [7, 11) is 0. The van der Waals surface area contributed by atoms with Gasteiger partial charge < -0.3 is 9.64 Å². The molecular formula is C22H21FN2O2. The van der Waals surface area contributed by atoms with Crippen molar-refractivity contribution in [3.63, 3.8) is 0 Å². The molecule has 0 fully saturated rings. The lowest BCUT2D eigenvalue weighted by Crippen LogP contribution is -2.36. The normalized spacial score (nSPS) is 10.4. The number of hydrogen-bond donors (Lipinski definition) is 0. The number of aromatic nitrogens is 1. The number of benzene rings is 2. The molecule has 3 rings (SSSR count). The molecule has 27 heavy (non-hydrogen) atoms. The SMILES string of the molecule is O=C(COc1ccccc1)N(CCc1ccccc1F)Cc1cccnc1. The van der Waals surface area contributed by atoms with Crippen LogP contribution in [0.3, 0.4) is 0 Å². The van der Waals surface area contributed by atoms with Gasteiger partial charge in [-0.2, -0.15) is 0 Å². The molecule has 2 aromatic carbocycles. The highest BCUT2D eigenvalue weighted by Crippen LogP contribution is 2.12. The van der Waals surface area contributed by atoms with Gasteiger partial charge in [-0.25, -0.2) is 4.39 Å². The second kappa shape index (κ2) is 9.48. The van der Waals surface area contributed by atoms with Crippen LogP contribution < -0.4 is 4.74 Å². The molecule has 0 saturated heterocycles. The molecule has 0 N–H and O–H groups in total. The van der Waals surface area contributed by atoms with Crippen LogP contribution in [-0.2, 0) is 17.8 Å². The van der Waals surface area contributed by atoms with Gasteiger partial charge in [0.25, 0.3) is 5.91 Å². The maximum absolute atomic E-state index is 13.9. The molecule has 0 radical (unpaired) electrons. The summed E-state index contributed by atoms with van der Waals surface area (Å²) in [6.45, 7) is 0.730. The van der Waals surface area contributed by atoms with Crippen molar-refractivity contribution < 1.29 is 13.9 Å². The van der Waals surface area contributed by atoms with Crippen molar-refractivity contribution >= 4 is 5.91 Å². The van der Waals surface area contributed by atoms with Gasteiger partial charge in [-0.1, -0.05) is 42.5 Å². The van der Waals surface area contributed by atoms with E-state index >= 15 is 0 Å². The van der Waals surface area contributed by atoms with Gasteiger partial charge >= 0.3 is 0 Å². The summed E-state index contributed by atoms with van der Waals surface area (Å²) < 4.78 is 19.5. The highest BCUT2D eigenvalue weighted by Gasteiger charge is 2.16. The summed E-state index contributed by atoms with van der Waals surface area (Å²) >= 11 is 0. The molecule has 0 aliphatic heterocycles. The second-order valence-corrected chi connectivity index (χ2v) is 6.12. The van der Waals surface area contributed by atoms with Crippen molar-refractivity contribution in [1.82, 2.24) is 9.88 Å². The maximum Gasteiger partial charge on any atom is 0.260 e. The topological polar surface area (TPSA) is 42.4 Å². The smallest absolute Gasteiger partial charge is 0.260 e. The van der Waals surface area contributed by atoms with Crippen LogP contribution in [0.2, 0.25) is 0 Å². The van der Waals surface area contributed by atoms with E-state index in [1.165, 1.54) is 6.07 Å². The van der Waals surface area contributed by atoms with E-state index in [2.05, 4.69) is 4.98 Å². The van der Waals surface area contributed by atoms with Gasteiger partial charge in [-0.15, -0.1) is 0 Å². The maximum atomic E-state index is 13.9. The third-order valence-electron chi connectivity index (χ3n) is 4.16. The van der Waals surface area contributed by atoms with Crippen LogP contribution in [0.4, 0.5) is 4.39 Å². The largest absolute Gasteiger partial charge is 0.484 e. The summed E-state index contributed by atoms with van der Waals surface area (Å²) in [5.41, 5.74) is 1.50. The van der Waals surface area contributed by atoms with E-state index < -0.39 is 0 Å². The Kier molecular flexibility index (Phi) is 6.52. The molecule has 138 valence electrons. The number of amides is 1. The van der Waals surface area contributed by atoms with Crippen LogP contribution in [0.25, 0.3) is 0 Å². The number of hydrogen-bond acceptors (Lipinski definition) is 3. The summed E-state index contributed by atoms with van der Waals surface area (Å²) in [6.07, 6.45) is 3.85. The number of halogens is 1. The zero-order valence-electron chi connectivity index (χ0n) is 14.9. The van der Waals surface area contributed by atoms with Gasteiger partial charge in [0, 0.05) is 25.5 Å². The number of para-hydroxylation sites is 1. The molecule has 4 nitrogen and oxygen atoms in total. The van der Waals surface area contributed by atoms with Crippen molar-refractivity contribution in [2.45, 2.75) is 13.0 Å². The first-order chi connectivity index (χ1) is 13.2. The third kappa shape index (κ3) is 5.64. The Morgan fingerprint density at radius 1 is 1.00 bits per heavy atom. The van der Waals surface area contributed by atoms with E-state index in [9.17, 15) is 9.18 Å². The van der Waals surface area contributed by atoms with E-state index in [1.807, 2.05) is 30.3 Å². The van der Waals surface area contributed by atoms with Crippen LogP contribution >= 0.6 is 0 Å². The van der Waals surface area contributed by atoms with E-state index in [-0.39, 0.29) is 18.3 Å². The van der Waals surface area contributed by atoms with E-state index in [0.29, 0.717) is 30.8 Å². The third-order valence-corrected chi connectivity index (χ3v) is 4.16. The molecule has 1 amide bonds. The predicted octanol–water partition coefficient (Wildman–Crippen LogP) is 3.87. The fraction of sp³-hybridized carbons (Fsp3) is 0.182. The number of pyridine rings is 1. The van der Waals surface area contributed by atoms with Gasteiger partial charge in [0.2, 0.25) is 0 Å². The molecule has 5 heteroatoms. The van der Waals surface area contributed by atoms with Crippen molar-refractivity contribution in [2.24, 2.45) is 0 Å². The molecule has 0 spiro atoms. The Morgan fingerprint density at radius 3 is 2.52 bits per heavy atom. The van der Waals surface area contributed by atoms with Crippen LogP contribution in [0.1, 0.15) is 11.1 Å². The van der Waals surface area contributed by atoms with Crippen LogP contribution in [0.5, 0.6) is 5.75 Å².